The number of carbonyl (C=O) groups excluding carboxylic acids is 1. The lowest BCUT2D eigenvalue weighted by atomic mass is 9.99. The molecule has 1 aromatic rings. The third-order valence-corrected chi connectivity index (χ3v) is 3.64. The number of halogens is 2. The first kappa shape index (κ1) is 13.3. The van der Waals surface area contributed by atoms with E-state index in [-0.39, 0.29) is 17.9 Å². The maximum absolute atomic E-state index is 13.4. The van der Waals surface area contributed by atoms with Crippen molar-refractivity contribution in [3.05, 3.63) is 28.0 Å². The Kier molecular flexibility index (Phi) is 4.22. The zero-order valence-electron chi connectivity index (χ0n) is 10.0. The number of methoxy groups -OCH3 is 1. The summed E-state index contributed by atoms with van der Waals surface area (Å²) in [6, 6.07) is 3.14. The summed E-state index contributed by atoms with van der Waals surface area (Å²) < 4.78 is 24.1. The predicted octanol–water partition coefficient (Wildman–Crippen LogP) is 3.24. The number of rotatable bonds is 3. The summed E-state index contributed by atoms with van der Waals surface area (Å²) in [6.45, 7) is 0. The van der Waals surface area contributed by atoms with E-state index < -0.39 is 0 Å². The van der Waals surface area contributed by atoms with Crippen molar-refractivity contribution >= 4 is 21.9 Å². The highest BCUT2D eigenvalue weighted by molar-refractivity contribution is 9.10. The van der Waals surface area contributed by atoms with Crippen LogP contribution in [0.5, 0.6) is 5.75 Å². The summed E-state index contributed by atoms with van der Waals surface area (Å²) in [6.07, 6.45) is 2.55. The Morgan fingerprint density at radius 2 is 2.39 bits per heavy atom. The smallest absolute Gasteiger partial charge is 0.305 e. The van der Waals surface area contributed by atoms with Crippen LogP contribution in [0.3, 0.4) is 0 Å². The van der Waals surface area contributed by atoms with Crippen molar-refractivity contribution in [1.29, 1.82) is 0 Å². The second-order valence-electron chi connectivity index (χ2n) is 4.27. The van der Waals surface area contributed by atoms with E-state index in [0.29, 0.717) is 23.1 Å². The van der Waals surface area contributed by atoms with Gasteiger partial charge in [-0.1, -0.05) is 0 Å². The van der Waals surface area contributed by atoms with E-state index in [2.05, 4.69) is 20.7 Å². The molecule has 18 heavy (non-hydrogen) atoms. The van der Waals surface area contributed by atoms with Crippen molar-refractivity contribution in [2.75, 3.05) is 7.11 Å². The molecule has 2 rings (SSSR count). The molecular formula is C13H14BrFO3. The number of aryl methyl sites for hydroxylation is 1. The number of esters is 1. The third kappa shape index (κ3) is 3.02. The normalized spacial score (nSPS) is 17.8. The second kappa shape index (κ2) is 5.69. The molecule has 5 heteroatoms. The summed E-state index contributed by atoms with van der Waals surface area (Å²) in [5.74, 6) is 0.00515. The molecule has 0 radical (unpaired) electrons. The molecule has 1 aliphatic rings. The van der Waals surface area contributed by atoms with Crippen molar-refractivity contribution < 1.29 is 18.7 Å². The Hall–Kier alpha value is -1.10. The van der Waals surface area contributed by atoms with Crippen LogP contribution in [0.15, 0.2) is 16.6 Å². The molecule has 0 bridgehead atoms. The first-order valence-corrected chi connectivity index (χ1v) is 6.61. The van der Waals surface area contributed by atoms with E-state index in [1.165, 1.54) is 13.2 Å². The van der Waals surface area contributed by atoms with Gasteiger partial charge in [-0.2, -0.15) is 0 Å². The highest BCUT2D eigenvalue weighted by Gasteiger charge is 2.22. The Morgan fingerprint density at radius 3 is 3.11 bits per heavy atom. The fraction of sp³-hybridized carbons (Fsp3) is 0.462. The molecule has 0 saturated carbocycles. The Morgan fingerprint density at radius 1 is 1.61 bits per heavy atom. The number of fused-ring (bicyclic) bond motifs is 1. The highest BCUT2D eigenvalue weighted by Crippen LogP contribution is 2.33. The van der Waals surface area contributed by atoms with Gasteiger partial charge in [-0.05, 0) is 46.8 Å². The lowest BCUT2D eigenvalue weighted by molar-refractivity contribution is -0.141. The van der Waals surface area contributed by atoms with Gasteiger partial charge in [0.05, 0.1) is 17.7 Å². The van der Waals surface area contributed by atoms with E-state index >= 15 is 0 Å². The molecule has 1 atom stereocenters. The summed E-state index contributed by atoms with van der Waals surface area (Å²) in [5, 5.41) is 0. The maximum Gasteiger partial charge on any atom is 0.305 e. The van der Waals surface area contributed by atoms with Crippen molar-refractivity contribution in [3.8, 4) is 5.75 Å². The Balaban J connectivity index is 2.01. The number of carbonyl (C=O) groups is 1. The zero-order chi connectivity index (χ0) is 13.1. The van der Waals surface area contributed by atoms with Crippen LogP contribution in [-0.4, -0.2) is 19.2 Å². The van der Waals surface area contributed by atoms with Crippen LogP contribution in [0.4, 0.5) is 4.39 Å². The largest absolute Gasteiger partial charge is 0.490 e. The van der Waals surface area contributed by atoms with Crippen LogP contribution in [-0.2, 0) is 16.0 Å². The van der Waals surface area contributed by atoms with Crippen molar-refractivity contribution in [1.82, 2.24) is 0 Å². The quantitative estimate of drug-likeness (QED) is 0.803. The van der Waals surface area contributed by atoms with E-state index in [0.717, 1.165) is 18.4 Å². The third-order valence-electron chi connectivity index (χ3n) is 3.03. The molecule has 0 aliphatic carbocycles. The minimum absolute atomic E-state index is 0.0443. The fourth-order valence-electron chi connectivity index (χ4n) is 2.01. The van der Waals surface area contributed by atoms with Gasteiger partial charge in [0, 0.05) is 12.5 Å². The average molecular weight is 317 g/mol. The molecule has 98 valence electrons. The molecule has 0 N–H and O–H groups in total. The van der Waals surface area contributed by atoms with Gasteiger partial charge in [0.1, 0.15) is 11.6 Å². The number of benzene rings is 1. The molecule has 0 aromatic heterocycles. The summed E-state index contributed by atoms with van der Waals surface area (Å²) in [7, 11) is 1.37. The fourth-order valence-corrected chi connectivity index (χ4v) is 2.40. The first-order chi connectivity index (χ1) is 8.60. The van der Waals surface area contributed by atoms with Crippen molar-refractivity contribution in [2.24, 2.45) is 0 Å². The zero-order valence-corrected chi connectivity index (χ0v) is 11.6. The molecule has 3 nitrogen and oxygen atoms in total. The molecule has 0 unspecified atom stereocenters. The van der Waals surface area contributed by atoms with Crippen LogP contribution in [0.1, 0.15) is 24.8 Å². The van der Waals surface area contributed by atoms with E-state index in [1.54, 1.807) is 6.07 Å². The van der Waals surface area contributed by atoms with Crippen LogP contribution in [0.25, 0.3) is 0 Å². The molecule has 1 aliphatic heterocycles. The van der Waals surface area contributed by atoms with Gasteiger partial charge in [0.25, 0.3) is 0 Å². The van der Waals surface area contributed by atoms with Crippen LogP contribution in [0.2, 0.25) is 0 Å². The van der Waals surface area contributed by atoms with Crippen molar-refractivity contribution in [2.45, 2.75) is 31.8 Å². The van der Waals surface area contributed by atoms with Crippen LogP contribution in [0, 0.1) is 5.82 Å². The second-order valence-corrected chi connectivity index (χ2v) is 5.12. The average Bonchev–Trinajstić information content (AvgIpc) is 2.37. The molecule has 1 heterocycles. The molecule has 0 amide bonds. The molecule has 0 spiro atoms. The maximum atomic E-state index is 13.4. The standard InChI is InChI=1S/C13H14BrFO3/c1-17-13(16)5-4-9-3-2-8-6-10(14)11(15)7-12(8)18-9/h6-7,9H,2-5H2,1H3/t9-/m1/s1. The summed E-state index contributed by atoms with van der Waals surface area (Å²) in [4.78, 5) is 11.1. The van der Waals surface area contributed by atoms with Gasteiger partial charge < -0.3 is 9.47 Å². The molecule has 0 fully saturated rings. The SMILES string of the molecule is COC(=O)CC[C@H]1CCc2cc(Br)c(F)cc2O1. The monoisotopic (exact) mass is 316 g/mol. The Labute approximate surface area is 113 Å². The van der Waals surface area contributed by atoms with E-state index in [4.69, 9.17) is 4.74 Å². The van der Waals surface area contributed by atoms with E-state index in [1.807, 2.05) is 0 Å². The molecular weight excluding hydrogens is 303 g/mol. The topological polar surface area (TPSA) is 35.5 Å². The lowest BCUT2D eigenvalue weighted by Crippen LogP contribution is -2.23. The lowest BCUT2D eigenvalue weighted by Gasteiger charge is -2.26. The number of hydrogen-bond acceptors (Lipinski definition) is 3. The number of ether oxygens (including phenoxy) is 2. The highest BCUT2D eigenvalue weighted by atomic mass is 79.9. The molecule has 0 saturated heterocycles. The molecule has 1 aromatic carbocycles. The van der Waals surface area contributed by atoms with Gasteiger partial charge in [0.2, 0.25) is 0 Å². The predicted molar refractivity (Wildman–Crippen MR) is 68.1 cm³/mol. The van der Waals surface area contributed by atoms with Crippen LogP contribution < -0.4 is 4.74 Å². The van der Waals surface area contributed by atoms with Gasteiger partial charge in [0.15, 0.2) is 0 Å². The summed E-state index contributed by atoms with van der Waals surface area (Å²) in [5.41, 5.74) is 0.998. The van der Waals surface area contributed by atoms with Gasteiger partial charge >= 0.3 is 5.97 Å². The van der Waals surface area contributed by atoms with Gasteiger partial charge in [-0.3, -0.25) is 4.79 Å². The summed E-state index contributed by atoms with van der Waals surface area (Å²) >= 11 is 3.16. The minimum Gasteiger partial charge on any atom is -0.490 e. The van der Waals surface area contributed by atoms with Gasteiger partial charge in [-0.25, -0.2) is 4.39 Å². The number of hydrogen-bond donors (Lipinski definition) is 0. The van der Waals surface area contributed by atoms with Crippen molar-refractivity contribution in [3.63, 3.8) is 0 Å². The van der Waals surface area contributed by atoms with Crippen LogP contribution >= 0.6 is 15.9 Å². The van der Waals surface area contributed by atoms with Gasteiger partial charge in [-0.15, -0.1) is 0 Å². The first-order valence-electron chi connectivity index (χ1n) is 5.81. The Bertz CT molecular complexity index is 462. The minimum atomic E-state index is -0.331. The van der Waals surface area contributed by atoms with E-state index in [9.17, 15) is 9.18 Å².